The molecule has 1 aromatic rings. The van der Waals surface area contributed by atoms with E-state index < -0.39 is 0 Å². The minimum Gasteiger partial charge on any atom is -0.380 e. The van der Waals surface area contributed by atoms with Crippen molar-refractivity contribution in [1.29, 1.82) is 0 Å². The maximum Gasteiger partial charge on any atom is 0.137 e. The highest BCUT2D eigenvalue weighted by Crippen LogP contribution is 2.22. The van der Waals surface area contributed by atoms with Gasteiger partial charge in [-0.3, -0.25) is 0 Å². The molecule has 0 spiro atoms. The molecule has 0 unspecified atom stereocenters. The molecule has 0 aliphatic carbocycles. The fourth-order valence-electron chi connectivity index (χ4n) is 1.87. The summed E-state index contributed by atoms with van der Waals surface area (Å²) in [4.78, 5) is 11.3. The van der Waals surface area contributed by atoms with Crippen molar-refractivity contribution < 1.29 is 4.74 Å². The van der Waals surface area contributed by atoms with Crippen LogP contribution in [0.25, 0.3) is 0 Å². The zero-order valence-corrected chi connectivity index (χ0v) is 12.8. The lowest BCUT2D eigenvalue weighted by Gasteiger charge is -2.22. The van der Waals surface area contributed by atoms with Gasteiger partial charge in [0.2, 0.25) is 0 Å². The van der Waals surface area contributed by atoms with E-state index in [1.807, 2.05) is 14.0 Å². The Balaban J connectivity index is 2.93. The summed E-state index contributed by atoms with van der Waals surface area (Å²) < 4.78 is 5.40. The topological polar surface area (TPSA) is 50.3 Å². The summed E-state index contributed by atoms with van der Waals surface area (Å²) in [5, 5.41) is 3.30. The first-order chi connectivity index (χ1) is 9.13. The molecule has 0 aliphatic heterocycles. The van der Waals surface area contributed by atoms with E-state index in [2.05, 4.69) is 41.0 Å². The van der Waals surface area contributed by atoms with Gasteiger partial charge in [0.1, 0.15) is 17.5 Å². The Bertz CT molecular complexity index is 395. The summed E-state index contributed by atoms with van der Waals surface area (Å²) in [5.74, 6) is 2.80. The van der Waals surface area contributed by atoms with Crippen molar-refractivity contribution in [3.63, 3.8) is 0 Å². The summed E-state index contributed by atoms with van der Waals surface area (Å²) >= 11 is 0. The van der Waals surface area contributed by atoms with Crippen LogP contribution in [0.1, 0.15) is 32.2 Å². The van der Waals surface area contributed by atoms with Crippen LogP contribution in [0.3, 0.4) is 0 Å². The van der Waals surface area contributed by atoms with Gasteiger partial charge >= 0.3 is 0 Å². The Hall–Kier alpha value is -1.36. The largest absolute Gasteiger partial charge is 0.380 e. The first-order valence-electron chi connectivity index (χ1n) is 7.04. The molecule has 0 aliphatic rings. The normalized spacial score (nSPS) is 10.6. The van der Waals surface area contributed by atoms with Gasteiger partial charge in [0, 0.05) is 38.7 Å². The van der Waals surface area contributed by atoms with Crippen molar-refractivity contribution in [2.75, 3.05) is 43.6 Å². The van der Waals surface area contributed by atoms with Gasteiger partial charge in [0.15, 0.2) is 0 Å². The van der Waals surface area contributed by atoms with Crippen LogP contribution in [0.5, 0.6) is 0 Å². The second kappa shape index (κ2) is 7.94. The minimum atomic E-state index is 0.717. The van der Waals surface area contributed by atoms with Crippen LogP contribution < -0.4 is 10.2 Å². The van der Waals surface area contributed by atoms with Gasteiger partial charge in [-0.2, -0.15) is 0 Å². The predicted octanol–water partition coefficient (Wildman–Crippen LogP) is 2.25. The highest BCUT2D eigenvalue weighted by atomic mass is 16.5. The molecule has 0 saturated carbocycles. The van der Waals surface area contributed by atoms with Crippen molar-refractivity contribution in [2.45, 2.75) is 34.1 Å². The monoisotopic (exact) mass is 266 g/mol. The van der Waals surface area contributed by atoms with Crippen molar-refractivity contribution in [1.82, 2.24) is 9.97 Å². The smallest absolute Gasteiger partial charge is 0.137 e. The highest BCUT2D eigenvalue weighted by molar-refractivity contribution is 5.58. The number of aryl methyl sites for hydroxylation is 1. The average Bonchev–Trinajstić information content (AvgIpc) is 2.41. The van der Waals surface area contributed by atoms with Crippen LogP contribution >= 0.6 is 0 Å². The number of rotatable bonds is 8. The third-order valence-corrected chi connectivity index (χ3v) is 2.96. The Morgan fingerprint density at radius 3 is 2.53 bits per heavy atom. The summed E-state index contributed by atoms with van der Waals surface area (Å²) in [6, 6.07) is 0. The van der Waals surface area contributed by atoms with E-state index in [1.54, 1.807) is 0 Å². The average molecular weight is 266 g/mol. The van der Waals surface area contributed by atoms with Gasteiger partial charge in [-0.1, -0.05) is 6.92 Å². The lowest BCUT2D eigenvalue weighted by atomic mass is 10.2. The Labute approximate surface area is 116 Å². The van der Waals surface area contributed by atoms with E-state index >= 15 is 0 Å². The number of aromatic nitrogens is 2. The molecule has 108 valence electrons. The van der Waals surface area contributed by atoms with Crippen LogP contribution in [0.2, 0.25) is 0 Å². The summed E-state index contributed by atoms with van der Waals surface area (Å²) in [5.41, 5.74) is 1.10. The van der Waals surface area contributed by atoms with E-state index in [-0.39, 0.29) is 0 Å². The summed E-state index contributed by atoms with van der Waals surface area (Å²) in [6.45, 7) is 11.4. The van der Waals surface area contributed by atoms with E-state index in [0.29, 0.717) is 6.61 Å². The number of hydrogen-bond donors (Lipinski definition) is 1. The number of ether oxygens (including phenoxy) is 1. The standard InChI is InChI=1S/C14H26N4O/c1-6-12-16-13(15-7-2)11(4)14(17-12)18(5)9-10-19-8-3/h6-10H2,1-5H3,(H,15,16,17). The van der Waals surface area contributed by atoms with Crippen molar-refractivity contribution in [2.24, 2.45) is 0 Å². The van der Waals surface area contributed by atoms with Crippen LogP contribution in [-0.2, 0) is 11.2 Å². The lowest BCUT2D eigenvalue weighted by Crippen LogP contribution is -2.25. The first-order valence-corrected chi connectivity index (χ1v) is 7.04. The number of nitrogens with one attached hydrogen (secondary N) is 1. The molecule has 19 heavy (non-hydrogen) atoms. The predicted molar refractivity (Wildman–Crippen MR) is 80.1 cm³/mol. The molecule has 1 N–H and O–H groups in total. The molecule has 0 amide bonds. The van der Waals surface area contributed by atoms with Gasteiger partial charge in [-0.25, -0.2) is 9.97 Å². The number of nitrogens with zero attached hydrogens (tertiary/aromatic N) is 3. The van der Waals surface area contributed by atoms with Crippen molar-refractivity contribution in [3.05, 3.63) is 11.4 Å². The molecule has 0 atom stereocenters. The summed E-state index contributed by atoms with van der Waals surface area (Å²) in [7, 11) is 2.05. The third-order valence-electron chi connectivity index (χ3n) is 2.96. The molecule has 0 bridgehead atoms. The van der Waals surface area contributed by atoms with E-state index in [4.69, 9.17) is 4.74 Å². The molecule has 0 aromatic carbocycles. The van der Waals surface area contributed by atoms with Gasteiger partial charge in [-0.15, -0.1) is 0 Å². The first kappa shape index (κ1) is 15.7. The molecule has 1 rings (SSSR count). The lowest BCUT2D eigenvalue weighted by molar-refractivity contribution is 0.154. The molecule has 5 heteroatoms. The second-order valence-electron chi connectivity index (χ2n) is 4.44. The number of hydrogen-bond acceptors (Lipinski definition) is 5. The molecule has 1 aromatic heterocycles. The Kier molecular flexibility index (Phi) is 6.56. The molecule has 1 heterocycles. The molecular formula is C14H26N4O. The second-order valence-corrected chi connectivity index (χ2v) is 4.44. The van der Waals surface area contributed by atoms with E-state index in [9.17, 15) is 0 Å². The van der Waals surface area contributed by atoms with Crippen LogP contribution in [0, 0.1) is 6.92 Å². The molecule has 0 fully saturated rings. The molecule has 0 saturated heterocycles. The van der Waals surface area contributed by atoms with Gasteiger partial charge in [0.25, 0.3) is 0 Å². The van der Waals surface area contributed by atoms with Crippen LogP contribution in [0.15, 0.2) is 0 Å². The molecule has 5 nitrogen and oxygen atoms in total. The third kappa shape index (κ3) is 4.35. The number of likely N-dealkylation sites (N-methyl/N-ethyl adjacent to an activating group) is 1. The zero-order chi connectivity index (χ0) is 14.3. The van der Waals surface area contributed by atoms with E-state index in [0.717, 1.165) is 49.1 Å². The van der Waals surface area contributed by atoms with Gasteiger partial charge in [-0.05, 0) is 20.8 Å². The zero-order valence-electron chi connectivity index (χ0n) is 12.8. The fraction of sp³-hybridized carbons (Fsp3) is 0.714. The summed E-state index contributed by atoms with van der Waals surface area (Å²) in [6.07, 6.45) is 0.838. The maximum absolute atomic E-state index is 5.40. The van der Waals surface area contributed by atoms with E-state index in [1.165, 1.54) is 0 Å². The molecule has 0 radical (unpaired) electrons. The Morgan fingerprint density at radius 1 is 1.21 bits per heavy atom. The quantitative estimate of drug-likeness (QED) is 0.731. The van der Waals surface area contributed by atoms with Gasteiger partial charge in [0.05, 0.1) is 6.61 Å². The van der Waals surface area contributed by atoms with Gasteiger partial charge < -0.3 is 15.0 Å². The highest BCUT2D eigenvalue weighted by Gasteiger charge is 2.13. The minimum absolute atomic E-state index is 0.717. The fourth-order valence-corrected chi connectivity index (χ4v) is 1.87. The van der Waals surface area contributed by atoms with Crippen molar-refractivity contribution in [3.8, 4) is 0 Å². The SMILES string of the molecule is CCNc1nc(CC)nc(N(C)CCOCC)c1C. The number of anilines is 2. The Morgan fingerprint density at radius 2 is 1.95 bits per heavy atom. The maximum atomic E-state index is 5.40. The van der Waals surface area contributed by atoms with Crippen LogP contribution in [0.4, 0.5) is 11.6 Å². The van der Waals surface area contributed by atoms with Crippen molar-refractivity contribution >= 4 is 11.6 Å². The molecular weight excluding hydrogens is 240 g/mol. The van der Waals surface area contributed by atoms with Crippen LogP contribution in [-0.4, -0.2) is 43.3 Å².